The third-order valence-electron chi connectivity index (χ3n) is 4.24. The fourth-order valence-corrected chi connectivity index (χ4v) is 3.57. The van der Waals surface area contributed by atoms with E-state index in [4.69, 9.17) is 5.11 Å². The first kappa shape index (κ1) is 20.4. The highest BCUT2D eigenvalue weighted by Crippen LogP contribution is 2.18. The summed E-state index contributed by atoms with van der Waals surface area (Å²) in [7, 11) is -3.45. The lowest BCUT2D eigenvalue weighted by atomic mass is 10.1. The predicted octanol–water partition coefficient (Wildman–Crippen LogP) is 0.124. The molecule has 1 saturated heterocycles. The van der Waals surface area contributed by atoms with Gasteiger partial charge in [0.1, 0.15) is 12.3 Å². The topological polar surface area (TPSA) is 112 Å². The Labute approximate surface area is 142 Å². The molecule has 0 aromatic carbocycles. The van der Waals surface area contributed by atoms with E-state index in [0.717, 1.165) is 0 Å². The van der Waals surface area contributed by atoms with Gasteiger partial charge in [-0.25, -0.2) is 8.42 Å². The zero-order valence-electron chi connectivity index (χ0n) is 14.4. The van der Waals surface area contributed by atoms with Crippen LogP contribution in [0.5, 0.6) is 0 Å². The highest BCUT2D eigenvalue weighted by Gasteiger charge is 2.29. The Hall–Kier alpha value is -1.64. The number of carboxylic acids is 1. The van der Waals surface area contributed by atoms with E-state index in [1.54, 1.807) is 0 Å². The standard InChI is InChI=1S/C15H26N2O6S/c1-11(2)24(22,23)10-14(19)16-7-4-5-13(6-8-16)17(12(3)18)9-15(20)21/h11,13H,4-10H2,1-3H3,(H,20,21). The van der Waals surface area contributed by atoms with Crippen molar-refractivity contribution in [2.45, 2.75) is 51.3 Å². The zero-order valence-corrected chi connectivity index (χ0v) is 15.2. The number of hydrogen-bond donors (Lipinski definition) is 1. The van der Waals surface area contributed by atoms with Crippen molar-refractivity contribution < 1.29 is 27.9 Å². The molecule has 24 heavy (non-hydrogen) atoms. The van der Waals surface area contributed by atoms with E-state index >= 15 is 0 Å². The van der Waals surface area contributed by atoms with Crippen LogP contribution in [-0.2, 0) is 24.2 Å². The van der Waals surface area contributed by atoms with Gasteiger partial charge in [-0.05, 0) is 33.1 Å². The highest BCUT2D eigenvalue weighted by atomic mass is 32.2. The van der Waals surface area contributed by atoms with Crippen molar-refractivity contribution in [2.75, 3.05) is 25.4 Å². The van der Waals surface area contributed by atoms with Crippen LogP contribution in [-0.4, -0.2) is 77.8 Å². The molecule has 0 saturated carbocycles. The molecule has 0 spiro atoms. The van der Waals surface area contributed by atoms with E-state index in [-0.39, 0.29) is 18.5 Å². The summed E-state index contributed by atoms with van der Waals surface area (Å²) < 4.78 is 23.8. The first-order chi connectivity index (χ1) is 11.0. The fraction of sp³-hybridized carbons (Fsp3) is 0.800. The van der Waals surface area contributed by atoms with E-state index in [1.165, 1.54) is 30.6 Å². The molecule has 0 aliphatic carbocycles. The maximum atomic E-state index is 12.2. The number of hydrogen-bond acceptors (Lipinski definition) is 5. The van der Waals surface area contributed by atoms with Gasteiger partial charge in [-0.2, -0.15) is 0 Å². The minimum absolute atomic E-state index is 0.252. The maximum absolute atomic E-state index is 12.2. The Morgan fingerprint density at radius 2 is 1.83 bits per heavy atom. The summed E-state index contributed by atoms with van der Waals surface area (Å²) in [5.74, 6) is -2.34. The Kier molecular flexibility index (Phi) is 7.19. The molecule has 1 heterocycles. The molecule has 0 bridgehead atoms. The van der Waals surface area contributed by atoms with Crippen LogP contribution in [0.1, 0.15) is 40.0 Å². The number of carboxylic acid groups (broad SMARTS) is 1. The van der Waals surface area contributed by atoms with Crippen LogP contribution in [0.2, 0.25) is 0 Å². The first-order valence-corrected chi connectivity index (χ1v) is 9.74. The number of aliphatic carboxylic acids is 1. The highest BCUT2D eigenvalue weighted by molar-refractivity contribution is 7.92. The largest absolute Gasteiger partial charge is 0.480 e. The molecule has 1 aliphatic heterocycles. The van der Waals surface area contributed by atoms with E-state index in [0.29, 0.717) is 32.4 Å². The molecule has 1 rings (SSSR count). The molecular weight excluding hydrogens is 336 g/mol. The Bertz CT molecular complexity index is 587. The normalized spacial score (nSPS) is 19.0. The van der Waals surface area contributed by atoms with Gasteiger partial charge in [0.2, 0.25) is 11.8 Å². The van der Waals surface area contributed by atoms with Crippen molar-refractivity contribution in [3.05, 3.63) is 0 Å². The van der Waals surface area contributed by atoms with E-state index in [1.807, 2.05) is 0 Å². The van der Waals surface area contributed by atoms with Gasteiger partial charge in [0.05, 0.1) is 5.25 Å². The third-order valence-corrected chi connectivity index (χ3v) is 6.33. The number of nitrogens with zero attached hydrogens (tertiary/aromatic N) is 2. The summed E-state index contributed by atoms with van der Waals surface area (Å²) in [6, 6.07) is -0.252. The molecule has 1 unspecified atom stereocenters. The number of sulfone groups is 1. The monoisotopic (exact) mass is 362 g/mol. The van der Waals surface area contributed by atoms with Crippen LogP contribution >= 0.6 is 0 Å². The average molecular weight is 362 g/mol. The van der Waals surface area contributed by atoms with Gasteiger partial charge in [0.25, 0.3) is 0 Å². The summed E-state index contributed by atoms with van der Waals surface area (Å²) in [6.07, 6.45) is 1.63. The summed E-state index contributed by atoms with van der Waals surface area (Å²) >= 11 is 0. The van der Waals surface area contributed by atoms with Crippen molar-refractivity contribution in [3.8, 4) is 0 Å². The summed E-state index contributed by atoms with van der Waals surface area (Å²) in [6.45, 7) is 4.78. The molecule has 138 valence electrons. The minimum Gasteiger partial charge on any atom is -0.480 e. The Morgan fingerprint density at radius 1 is 1.21 bits per heavy atom. The molecule has 1 N–H and O–H groups in total. The number of amides is 2. The van der Waals surface area contributed by atoms with Crippen LogP contribution in [0.3, 0.4) is 0 Å². The zero-order chi connectivity index (χ0) is 18.5. The second-order valence-corrected chi connectivity index (χ2v) is 8.92. The molecule has 0 aromatic heterocycles. The summed E-state index contributed by atoms with van der Waals surface area (Å²) in [4.78, 5) is 37.6. The van der Waals surface area contributed by atoms with Gasteiger partial charge >= 0.3 is 5.97 Å². The van der Waals surface area contributed by atoms with Crippen LogP contribution in [0.15, 0.2) is 0 Å². The molecule has 1 fully saturated rings. The SMILES string of the molecule is CC(=O)N(CC(=O)O)C1CCCN(C(=O)CS(=O)(=O)C(C)C)CC1. The Morgan fingerprint density at radius 3 is 2.33 bits per heavy atom. The molecule has 2 amide bonds. The molecule has 8 nitrogen and oxygen atoms in total. The molecule has 0 aromatic rings. The van der Waals surface area contributed by atoms with Crippen molar-refractivity contribution in [1.29, 1.82) is 0 Å². The van der Waals surface area contributed by atoms with E-state index in [9.17, 15) is 22.8 Å². The fourth-order valence-electron chi connectivity index (χ4n) is 2.71. The minimum atomic E-state index is -3.45. The lowest BCUT2D eigenvalue weighted by Crippen LogP contribution is -2.43. The number of likely N-dealkylation sites (tertiary alicyclic amines) is 1. The van der Waals surface area contributed by atoms with Gasteiger partial charge in [-0.15, -0.1) is 0 Å². The molecule has 1 atom stereocenters. The molecule has 1 aliphatic rings. The number of carbonyl (C=O) groups is 3. The average Bonchev–Trinajstić information content (AvgIpc) is 2.69. The van der Waals surface area contributed by atoms with Crippen LogP contribution in [0.4, 0.5) is 0 Å². The van der Waals surface area contributed by atoms with Gasteiger partial charge in [-0.3, -0.25) is 14.4 Å². The van der Waals surface area contributed by atoms with Gasteiger partial charge < -0.3 is 14.9 Å². The lowest BCUT2D eigenvalue weighted by molar-refractivity contribution is -0.145. The van der Waals surface area contributed by atoms with Gasteiger partial charge in [-0.1, -0.05) is 0 Å². The predicted molar refractivity (Wildman–Crippen MR) is 88.2 cm³/mol. The van der Waals surface area contributed by atoms with E-state index in [2.05, 4.69) is 0 Å². The quantitative estimate of drug-likeness (QED) is 0.718. The maximum Gasteiger partial charge on any atom is 0.323 e. The Balaban J connectivity index is 2.72. The number of carbonyl (C=O) groups excluding carboxylic acids is 2. The second kappa shape index (κ2) is 8.46. The smallest absolute Gasteiger partial charge is 0.323 e. The van der Waals surface area contributed by atoms with Gasteiger partial charge in [0.15, 0.2) is 9.84 Å². The van der Waals surface area contributed by atoms with Crippen molar-refractivity contribution in [1.82, 2.24) is 9.80 Å². The molecular formula is C15H26N2O6S. The second-order valence-electron chi connectivity index (χ2n) is 6.36. The molecule has 0 radical (unpaired) electrons. The first-order valence-electron chi connectivity index (χ1n) is 8.03. The van der Waals surface area contributed by atoms with Crippen LogP contribution in [0.25, 0.3) is 0 Å². The van der Waals surface area contributed by atoms with Crippen molar-refractivity contribution in [3.63, 3.8) is 0 Å². The summed E-state index contributed by atoms with van der Waals surface area (Å²) in [5.41, 5.74) is 0. The van der Waals surface area contributed by atoms with Crippen LogP contribution < -0.4 is 0 Å². The lowest BCUT2D eigenvalue weighted by Gasteiger charge is -2.28. The third kappa shape index (κ3) is 5.77. The van der Waals surface area contributed by atoms with E-state index < -0.39 is 32.7 Å². The van der Waals surface area contributed by atoms with Crippen molar-refractivity contribution in [2.24, 2.45) is 0 Å². The number of rotatable bonds is 6. The van der Waals surface area contributed by atoms with Crippen LogP contribution in [0, 0.1) is 0 Å². The summed E-state index contributed by atoms with van der Waals surface area (Å²) in [5, 5.41) is 8.32. The van der Waals surface area contributed by atoms with Crippen molar-refractivity contribution >= 4 is 27.6 Å². The van der Waals surface area contributed by atoms with Gasteiger partial charge in [0, 0.05) is 26.1 Å². The molecule has 9 heteroatoms.